The SMILES string of the molecule is CCN(CC)C(=O)C(NC(=O)c1cccc(C)c1)C1CCN(C(=O)c2ccc(C(F)(F)F)cc2)CC1. The molecule has 6 nitrogen and oxygen atoms in total. The van der Waals surface area contributed by atoms with Crippen LogP contribution in [0.1, 0.15) is 58.5 Å². The van der Waals surface area contributed by atoms with E-state index in [1.807, 2.05) is 26.8 Å². The molecule has 2 aromatic rings. The first-order valence-corrected chi connectivity index (χ1v) is 12.2. The van der Waals surface area contributed by atoms with Gasteiger partial charge in [0.2, 0.25) is 5.91 Å². The summed E-state index contributed by atoms with van der Waals surface area (Å²) in [5, 5.41) is 2.94. The summed E-state index contributed by atoms with van der Waals surface area (Å²) in [6.45, 7) is 7.35. The van der Waals surface area contributed by atoms with E-state index < -0.39 is 17.8 Å². The lowest BCUT2D eigenvalue weighted by molar-refractivity contribution is -0.137. The van der Waals surface area contributed by atoms with Gasteiger partial charge in [0.15, 0.2) is 0 Å². The Morgan fingerprint density at radius 2 is 1.61 bits per heavy atom. The van der Waals surface area contributed by atoms with Crippen molar-refractivity contribution in [1.82, 2.24) is 15.1 Å². The van der Waals surface area contributed by atoms with Gasteiger partial charge in [0.05, 0.1) is 5.56 Å². The minimum atomic E-state index is -4.46. The molecule has 1 aliphatic heterocycles. The molecule has 9 heteroatoms. The predicted octanol–water partition coefficient (Wildman–Crippen LogP) is 4.53. The number of carbonyl (C=O) groups is 3. The molecule has 0 aliphatic carbocycles. The molecule has 1 unspecified atom stereocenters. The molecular formula is C27H32F3N3O3. The number of rotatable bonds is 7. The van der Waals surface area contributed by atoms with Gasteiger partial charge in [0.25, 0.3) is 11.8 Å². The number of aryl methyl sites for hydroxylation is 1. The number of alkyl halides is 3. The zero-order valence-electron chi connectivity index (χ0n) is 20.8. The summed E-state index contributed by atoms with van der Waals surface area (Å²) in [4.78, 5) is 42.4. The van der Waals surface area contributed by atoms with Crippen molar-refractivity contribution in [3.8, 4) is 0 Å². The Balaban J connectivity index is 1.71. The zero-order chi connectivity index (χ0) is 26.5. The maximum atomic E-state index is 13.3. The Morgan fingerprint density at radius 1 is 1.00 bits per heavy atom. The standard InChI is InChI=1S/C27H32F3N3O3/c1-4-32(5-2)26(36)23(31-24(34)21-8-6-7-18(3)17-21)19-13-15-33(16-14-19)25(35)20-9-11-22(12-10-20)27(28,29)30/h6-12,17,19,23H,4-5,13-16H2,1-3H3,(H,31,34). The minimum absolute atomic E-state index is 0.159. The van der Waals surface area contributed by atoms with Gasteiger partial charge in [-0.05, 0) is 75.9 Å². The van der Waals surface area contributed by atoms with Crippen molar-refractivity contribution < 1.29 is 27.6 Å². The number of likely N-dealkylation sites (tertiary alicyclic amines) is 1. The summed E-state index contributed by atoms with van der Waals surface area (Å²) in [5.74, 6) is -1.01. The third-order valence-electron chi connectivity index (χ3n) is 6.67. The summed E-state index contributed by atoms with van der Waals surface area (Å²) >= 11 is 0. The number of likely N-dealkylation sites (N-methyl/N-ethyl adjacent to an activating group) is 1. The molecule has 1 atom stereocenters. The van der Waals surface area contributed by atoms with E-state index in [4.69, 9.17) is 0 Å². The highest BCUT2D eigenvalue weighted by Crippen LogP contribution is 2.30. The molecule has 3 amide bonds. The number of amides is 3. The predicted molar refractivity (Wildman–Crippen MR) is 130 cm³/mol. The lowest BCUT2D eigenvalue weighted by Gasteiger charge is -2.37. The fourth-order valence-corrected chi connectivity index (χ4v) is 4.54. The van der Waals surface area contributed by atoms with E-state index in [-0.39, 0.29) is 29.2 Å². The smallest absolute Gasteiger partial charge is 0.341 e. The third kappa shape index (κ3) is 6.44. The maximum Gasteiger partial charge on any atom is 0.416 e. The molecular weight excluding hydrogens is 471 g/mol. The van der Waals surface area contributed by atoms with Crippen molar-refractivity contribution in [2.24, 2.45) is 5.92 Å². The zero-order valence-corrected chi connectivity index (χ0v) is 20.8. The van der Waals surface area contributed by atoms with E-state index in [0.29, 0.717) is 44.6 Å². The molecule has 1 N–H and O–H groups in total. The van der Waals surface area contributed by atoms with Gasteiger partial charge in [-0.25, -0.2) is 0 Å². The van der Waals surface area contributed by atoms with Gasteiger partial charge < -0.3 is 15.1 Å². The molecule has 194 valence electrons. The van der Waals surface area contributed by atoms with Crippen LogP contribution in [0.15, 0.2) is 48.5 Å². The second kappa shape index (κ2) is 11.6. The third-order valence-corrected chi connectivity index (χ3v) is 6.67. The van der Waals surface area contributed by atoms with Gasteiger partial charge >= 0.3 is 6.18 Å². The summed E-state index contributed by atoms with van der Waals surface area (Å²) in [7, 11) is 0. The minimum Gasteiger partial charge on any atom is -0.341 e. The van der Waals surface area contributed by atoms with Crippen molar-refractivity contribution in [2.45, 2.75) is 45.8 Å². The van der Waals surface area contributed by atoms with E-state index in [1.54, 1.807) is 28.0 Å². The molecule has 0 spiro atoms. The summed E-state index contributed by atoms with van der Waals surface area (Å²) < 4.78 is 38.5. The molecule has 1 aliphatic rings. The molecule has 36 heavy (non-hydrogen) atoms. The number of hydrogen-bond donors (Lipinski definition) is 1. The second-order valence-corrected chi connectivity index (χ2v) is 9.04. The summed E-state index contributed by atoms with van der Waals surface area (Å²) in [6.07, 6.45) is -3.49. The van der Waals surface area contributed by atoms with Crippen LogP contribution in [0.2, 0.25) is 0 Å². The van der Waals surface area contributed by atoms with Crippen molar-refractivity contribution in [2.75, 3.05) is 26.2 Å². The second-order valence-electron chi connectivity index (χ2n) is 9.04. The molecule has 1 fully saturated rings. The van der Waals surface area contributed by atoms with Crippen LogP contribution in [0.4, 0.5) is 13.2 Å². The van der Waals surface area contributed by atoms with Crippen LogP contribution in [-0.2, 0) is 11.0 Å². The van der Waals surface area contributed by atoms with E-state index in [0.717, 1.165) is 17.7 Å². The van der Waals surface area contributed by atoms with Crippen LogP contribution in [-0.4, -0.2) is 59.7 Å². The molecule has 0 saturated carbocycles. The van der Waals surface area contributed by atoms with E-state index in [1.165, 1.54) is 12.1 Å². The van der Waals surface area contributed by atoms with Crippen LogP contribution in [0.25, 0.3) is 0 Å². The first kappa shape index (κ1) is 27.2. The molecule has 0 bridgehead atoms. The number of piperidine rings is 1. The Hall–Kier alpha value is -3.36. The van der Waals surface area contributed by atoms with Gasteiger partial charge in [-0.3, -0.25) is 14.4 Å². The van der Waals surface area contributed by atoms with E-state index >= 15 is 0 Å². The van der Waals surface area contributed by atoms with Gasteiger partial charge in [-0.1, -0.05) is 17.7 Å². The highest BCUT2D eigenvalue weighted by molar-refractivity contribution is 5.98. The highest BCUT2D eigenvalue weighted by Gasteiger charge is 2.36. The first-order chi connectivity index (χ1) is 17.0. The fraction of sp³-hybridized carbons (Fsp3) is 0.444. The summed E-state index contributed by atoms with van der Waals surface area (Å²) in [5.41, 5.74) is 0.788. The van der Waals surface area contributed by atoms with Crippen LogP contribution < -0.4 is 5.32 Å². The number of carbonyl (C=O) groups excluding carboxylic acids is 3. The fourth-order valence-electron chi connectivity index (χ4n) is 4.54. The van der Waals surface area contributed by atoms with Crippen LogP contribution >= 0.6 is 0 Å². The lowest BCUT2D eigenvalue weighted by Crippen LogP contribution is -2.54. The molecule has 3 rings (SSSR count). The normalized spacial score (nSPS) is 15.3. The van der Waals surface area contributed by atoms with E-state index in [2.05, 4.69) is 5.32 Å². The Bertz CT molecular complexity index is 1070. The Kier molecular flexibility index (Phi) is 8.76. The van der Waals surface area contributed by atoms with Crippen LogP contribution in [0, 0.1) is 12.8 Å². The lowest BCUT2D eigenvalue weighted by atomic mass is 9.87. The van der Waals surface area contributed by atoms with Crippen molar-refractivity contribution in [3.05, 3.63) is 70.8 Å². The van der Waals surface area contributed by atoms with Gasteiger partial charge in [0, 0.05) is 37.3 Å². The topological polar surface area (TPSA) is 69.7 Å². The van der Waals surface area contributed by atoms with Crippen LogP contribution in [0.3, 0.4) is 0 Å². The monoisotopic (exact) mass is 503 g/mol. The Labute approximate surface area is 209 Å². The number of nitrogens with one attached hydrogen (secondary N) is 1. The van der Waals surface area contributed by atoms with Crippen molar-refractivity contribution in [3.63, 3.8) is 0 Å². The van der Waals surface area contributed by atoms with Crippen molar-refractivity contribution in [1.29, 1.82) is 0 Å². The van der Waals surface area contributed by atoms with Gasteiger partial charge in [0.1, 0.15) is 6.04 Å². The average molecular weight is 504 g/mol. The van der Waals surface area contributed by atoms with Crippen LogP contribution in [0.5, 0.6) is 0 Å². The quantitative estimate of drug-likeness (QED) is 0.604. The first-order valence-electron chi connectivity index (χ1n) is 12.2. The molecule has 2 aromatic carbocycles. The average Bonchev–Trinajstić information content (AvgIpc) is 2.87. The number of hydrogen-bond acceptors (Lipinski definition) is 3. The number of halogens is 3. The summed E-state index contributed by atoms with van der Waals surface area (Å²) in [6, 6.07) is 10.6. The number of nitrogens with zero attached hydrogens (tertiary/aromatic N) is 2. The highest BCUT2D eigenvalue weighted by atomic mass is 19.4. The van der Waals surface area contributed by atoms with Crippen molar-refractivity contribution >= 4 is 17.7 Å². The molecule has 0 radical (unpaired) electrons. The molecule has 1 saturated heterocycles. The molecule has 1 heterocycles. The van der Waals surface area contributed by atoms with Gasteiger partial charge in [-0.15, -0.1) is 0 Å². The molecule has 0 aromatic heterocycles. The van der Waals surface area contributed by atoms with E-state index in [9.17, 15) is 27.6 Å². The van der Waals surface area contributed by atoms with Gasteiger partial charge in [-0.2, -0.15) is 13.2 Å². The number of benzene rings is 2. The Morgan fingerprint density at radius 3 is 2.14 bits per heavy atom. The maximum absolute atomic E-state index is 13.3. The largest absolute Gasteiger partial charge is 0.416 e.